The van der Waals surface area contributed by atoms with Gasteiger partial charge in [0.15, 0.2) is 0 Å². The molecule has 2 aliphatic rings. The van der Waals surface area contributed by atoms with Gasteiger partial charge in [-0.3, -0.25) is 9.69 Å². The van der Waals surface area contributed by atoms with Gasteiger partial charge >= 0.3 is 5.97 Å². The van der Waals surface area contributed by atoms with Gasteiger partial charge in [0, 0.05) is 24.0 Å². The smallest absolute Gasteiger partial charge is 0.303 e. The molecular weight excluding hydrogens is 246 g/mol. The minimum Gasteiger partial charge on any atom is -0.481 e. The summed E-state index contributed by atoms with van der Waals surface area (Å²) in [6.45, 7) is 4.29. The van der Waals surface area contributed by atoms with E-state index in [0.717, 1.165) is 32.4 Å². The summed E-state index contributed by atoms with van der Waals surface area (Å²) in [6, 6.07) is 2.68. The fourth-order valence-electron chi connectivity index (χ4n) is 3.10. The van der Waals surface area contributed by atoms with Crippen LogP contribution in [0.2, 0.25) is 0 Å². The van der Waals surface area contributed by atoms with Crippen molar-refractivity contribution in [2.24, 2.45) is 5.41 Å². The zero-order chi connectivity index (χ0) is 12.8. The molecule has 4 heteroatoms. The molecule has 1 aliphatic heterocycles. The summed E-state index contributed by atoms with van der Waals surface area (Å²) in [7, 11) is 0. The molecule has 0 radical (unpaired) electrons. The first-order valence-corrected chi connectivity index (χ1v) is 7.50. The van der Waals surface area contributed by atoms with E-state index < -0.39 is 5.97 Å². The molecule has 98 valence electrons. The van der Waals surface area contributed by atoms with Crippen LogP contribution in [-0.4, -0.2) is 29.1 Å². The van der Waals surface area contributed by atoms with Gasteiger partial charge in [0.2, 0.25) is 0 Å². The molecule has 18 heavy (non-hydrogen) atoms. The zero-order valence-corrected chi connectivity index (χ0v) is 11.5. The third kappa shape index (κ3) is 2.19. The van der Waals surface area contributed by atoms with Gasteiger partial charge in [0.1, 0.15) is 0 Å². The van der Waals surface area contributed by atoms with E-state index in [9.17, 15) is 4.79 Å². The van der Waals surface area contributed by atoms with E-state index in [4.69, 9.17) is 5.11 Å². The predicted molar refractivity (Wildman–Crippen MR) is 71.9 cm³/mol. The Morgan fingerprint density at radius 1 is 1.61 bits per heavy atom. The highest BCUT2D eigenvalue weighted by atomic mass is 32.1. The number of carboxylic acid groups (broad SMARTS) is 1. The van der Waals surface area contributed by atoms with Crippen molar-refractivity contribution in [2.45, 2.75) is 38.6 Å². The normalized spacial score (nSPS) is 25.7. The molecule has 0 amide bonds. The van der Waals surface area contributed by atoms with E-state index in [-0.39, 0.29) is 5.41 Å². The van der Waals surface area contributed by atoms with Crippen molar-refractivity contribution < 1.29 is 9.90 Å². The lowest BCUT2D eigenvalue weighted by molar-refractivity contribution is -0.138. The van der Waals surface area contributed by atoms with E-state index in [1.807, 2.05) is 11.3 Å². The molecule has 1 unspecified atom stereocenters. The molecule has 0 spiro atoms. The maximum absolute atomic E-state index is 10.9. The molecular formula is C14H19NO2S. The minimum absolute atomic E-state index is 0.0770. The average molecular weight is 265 g/mol. The summed E-state index contributed by atoms with van der Waals surface area (Å²) in [4.78, 5) is 14.9. The number of nitrogens with zero attached hydrogens (tertiary/aromatic N) is 1. The molecule has 0 aromatic carbocycles. The molecule has 0 bridgehead atoms. The van der Waals surface area contributed by atoms with Gasteiger partial charge in [0.05, 0.1) is 6.42 Å². The highest BCUT2D eigenvalue weighted by Gasteiger charge is 2.46. The molecule has 3 nitrogen and oxygen atoms in total. The first-order chi connectivity index (χ1) is 8.60. The SMILES string of the molecule is CC1c2ccsc2CCN1CC1(CC(=O)O)CC1. The Bertz CT molecular complexity index is 464. The number of hydrogen-bond acceptors (Lipinski definition) is 3. The van der Waals surface area contributed by atoms with Crippen molar-refractivity contribution in [1.82, 2.24) is 4.90 Å². The van der Waals surface area contributed by atoms with Gasteiger partial charge in [-0.15, -0.1) is 11.3 Å². The second kappa shape index (κ2) is 4.35. The fraction of sp³-hybridized carbons (Fsp3) is 0.643. The van der Waals surface area contributed by atoms with E-state index in [1.165, 1.54) is 10.4 Å². The summed E-state index contributed by atoms with van der Waals surface area (Å²) in [5.41, 5.74) is 1.53. The molecule has 2 heterocycles. The largest absolute Gasteiger partial charge is 0.481 e. The van der Waals surface area contributed by atoms with E-state index in [0.29, 0.717) is 12.5 Å². The van der Waals surface area contributed by atoms with Crippen molar-refractivity contribution in [3.63, 3.8) is 0 Å². The number of fused-ring (bicyclic) bond motifs is 1. The highest BCUT2D eigenvalue weighted by molar-refractivity contribution is 7.10. The number of rotatable bonds is 4. The van der Waals surface area contributed by atoms with Crippen LogP contribution < -0.4 is 0 Å². The van der Waals surface area contributed by atoms with Crippen LogP contribution in [0, 0.1) is 5.41 Å². The summed E-state index contributed by atoms with van der Waals surface area (Å²) >= 11 is 1.85. The van der Waals surface area contributed by atoms with Crippen LogP contribution in [-0.2, 0) is 11.2 Å². The molecule has 1 aliphatic carbocycles. The quantitative estimate of drug-likeness (QED) is 0.910. The molecule has 1 aromatic rings. The molecule has 1 saturated carbocycles. The van der Waals surface area contributed by atoms with Crippen LogP contribution in [0.15, 0.2) is 11.4 Å². The van der Waals surface area contributed by atoms with Gasteiger partial charge in [-0.1, -0.05) is 0 Å². The molecule has 1 N–H and O–H groups in total. The number of carboxylic acids is 1. The highest BCUT2D eigenvalue weighted by Crippen LogP contribution is 2.50. The Labute approximate surface area is 111 Å². The Kier molecular flexibility index (Phi) is 2.94. The third-order valence-electron chi connectivity index (χ3n) is 4.43. The van der Waals surface area contributed by atoms with Crippen molar-refractivity contribution in [2.75, 3.05) is 13.1 Å². The maximum Gasteiger partial charge on any atom is 0.303 e. The van der Waals surface area contributed by atoms with Crippen molar-refractivity contribution in [3.05, 3.63) is 21.9 Å². The number of hydrogen-bond donors (Lipinski definition) is 1. The third-order valence-corrected chi connectivity index (χ3v) is 5.42. The molecule has 1 atom stereocenters. The second-order valence-electron chi connectivity index (χ2n) is 5.77. The topological polar surface area (TPSA) is 40.5 Å². The molecule has 3 rings (SSSR count). The van der Waals surface area contributed by atoms with E-state index in [1.54, 1.807) is 0 Å². The fourth-order valence-corrected chi connectivity index (χ4v) is 4.06. The summed E-state index contributed by atoms with van der Waals surface area (Å²) in [5.74, 6) is -0.645. The van der Waals surface area contributed by atoms with Gasteiger partial charge in [-0.25, -0.2) is 0 Å². The van der Waals surface area contributed by atoms with Gasteiger partial charge < -0.3 is 5.11 Å². The lowest BCUT2D eigenvalue weighted by atomic mass is 9.96. The molecule has 1 fully saturated rings. The first kappa shape index (κ1) is 12.2. The van der Waals surface area contributed by atoms with Gasteiger partial charge in [-0.05, 0) is 48.6 Å². The first-order valence-electron chi connectivity index (χ1n) is 6.62. The Hall–Kier alpha value is -0.870. The minimum atomic E-state index is -0.645. The Morgan fingerprint density at radius 3 is 3.06 bits per heavy atom. The zero-order valence-electron chi connectivity index (χ0n) is 10.7. The molecule has 1 aromatic heterocycles. The van der Waals surface area contributed by atoms with Crippen molar-refractivity contribution in [1.29, 1.82) is 0 Å². The monoisotopic (exact) mass is 265 g/mol. The lowest BCUT2D eigenvalue weighted by Gasteiger charge is -2.36. The number of thiophene rings is 1. The molecule has 0 saturated heterocycles. The summed E-state index contributed by atoms with van der Waals surface area (Å²) in [6.07, 6.45) is 3.63. The van der Waals surface area contributed by atoms with Crippen LogP contribution in [0.4, 0.5) is 0 Å². The second-order valence-corrected chi connectivity index (χ2v) is 6.77. The Morgan fingerprint density at radius 2 is 2.39 bits per heavy atom. The summed E-state index contributed by atoms with van der Waals surface area (Å²) < 4.78 is 0. The van der Waals surface area contributed by atoms with Crippen molar-refractivity contribution in [3.8, 4) is 0 Å². The predicted octanol–water partition coefficient (Wildman–Crippen LogP) is 2.92. The summed E-state index contributed by atoms with van der Waals surface area (Å²) in [5, 5.41) is 11.2. The van der Waals surface area contributed by atoms with Crippen LogP contribution in [0.25, 0.3) is 0 Å². The maximum atomic E-state index is 10.9. The van der Waals surface area contributed by atoms with Crippen LogP contribution in [0.1, 0.15) is 42.7 Å². The van der Waals surface area contributed by atoms with Crippen LogP contribution in [0.5, 0.6) is 0 Å². The number of aliphatic carboxylic acids is 1. The standard InChI is InChI=1S/C14H19NO2S/c1-10-11-3-7-18-12(11)2-6-15(10)9-14(4-5-14)8-13(16)17/h3,7,10H,2,4-6,8-9H2,1H3,(H,16,17). The van der Waals surface area contributed by atoms with Crippen LogP contribution in [0.3, 0.4) is 0 Å². The van der Waals surface area contributed by atoms with Gasteiger partial charge in [-0.2, -0.15) is 0 Å². The van der Waals surface area contributed by atoms with E-state index in [2.05, 4.69) is 23.3 Å². The lowest BCUT2D eigenvalue weighted by Crippen LogP contribution is -2.38. The van der Waals surface area contributed by atoms with Crippen LogP contribution >= 0.6 is 11.3 Å². The van der Waals surface area contributed by atoms with E-state index >= 15 is 0 Å². The van der Waals surface area contributed by atoms with Crippen molar-refractivity contribution >= 4 is 17.3 Å². The van der Waals surface area contributed by atoms with Gasteiger partial charge in [0.25, 0.3) is 0 Å². The Balaban J connectivity index is 1.70. The number of carbonyl (C=O) groups is 1. The average Bonchev–Trinajstić information content (AvgIpc) is 2.89.